The SMILES string of the molecule is CO[C@H]1CC[C@]2(CC1)Cc1ccc(Oc3cc(Cl)cc(Cl)c3)cc1C2NC(=S)NC=O. The van der Waals surface area contributed by atoms with E-state index in [4.69, 9.17) is 44.9 Å². The number of rotatable bonds is 5. The number of carbonyl (C=O) groups is 1. The van der Waals surface area contributed by atoms with Gasteiger partial charge in [0.05, 0.1) is 12.1 Å². The quantitative estimate of drug-likeness (QED) is 0.433. The molecule has 0 bridgehead atoms. The molecule has 1 fully saturated rings. The summed E-state index contributed by atoms with van der Waals surface area (Å²) < 4.78 is 11.6. The van der Waals surface area contributed by atoms with Crippen molar-refractivity contribution in [1.29, 1.82) is 0 Å². The van der Waals surface area contributed by atoms with E-state index in [1.165, 1.54) is 5.56 Å². The van der Waals surface area contributed by atoms with Gasteiger partial charge in [0, 0.05) is 17.2 Å². The van der Waals surface area contributed by atoms with Crippen molar-refractivity contribution in [2.24, 2.45) is 5.41 Å². The Labute approximate surface area is 197 Å². The molecule has 1 saturated carbocycles. The zero-order valence-corrected chi connectivity index (χ0v) is 19.4. The van der Waals surface area contributed by atoms with Gasteiger partial charge in [-0.15, -0.1) is 0 Å². The first-order valence-corrected chi connectivity index (χ1v) is 11.4. The Hall–Kier alpha value is -1.86. The van der Waals surface area contributed by atoms with Crippen LogP contribution in [0.25, 0.3) is 0 Å². The summed E-state index contributed by atoms with van der Waals surface area (Å²) in [5.74, 6) is 1.27. The minimum absolute atomic E-state index is 0.0178. The van der Waals surface area contributed by atoms with E-state index in [0.717, 1.165) is 37.7 Å². The second kappa shape index (κ2) is 9.33. The van der Waals surface area contributed by atoms with Crippen molar-refractivity contribution in [3.63, 3.8) is 0 Å². The highest BCUT2D eigenvalue weighted by Crippen LogP contribution is 2.55. The van der Waals surface area contributed by atoms with Crippen LogP contribution >= 0.6 is 35.4 Å². The number of ether oxygens (including phenoxy) is 2. The molecule has 8 heteroatoms. The molecule has 2 N–H and O–H groups in total. The number of fused-ring (bicyclic) bond motifs is 1. The fourth-order valence-corrected chi connectivity index (χ4v) is 5.60. The molecule has 31 heavy (non-hydrogen) atoms. The average Bonchev–Trinajstić information content (AvgIpc) is 3.00. The number of amides is 1. The molecule has 2 aromatic rings. The summed E-state index contributed by atoms with van der Waals surface area (Å²) in [6, 6.07) is 11.2. The largest absolute Gasteiger partial charge is 0.457 e. The van der Waals surface area contributed by atoms with Gasteiger partial charge >= 0.3 is 0 Å². The van der Waals surface area contributed by atoms with Crippen LogP contribution in [-0.2, 0) is 16.0 Å². The van der Waals surface area contributed by atoms with E-state index < -0.39 is 0 Å². The van der Waals surface area contributed by atoms with Crippen molar-refractivity contribution < 1.29 is 14.3 Å². The highest BCUT2D eigenvalue weighted by atomic mass is 35.5. The van der Waals surface area contributed by atoms with Crippen molar-refractivity contribution in [1.82, 2.24) is 10.6 Å². The van der Waals surface area contributed by atoms with Crippen LogP contribution in [0.5, 0.6) is 11.5 Å². The number of hydrogen-bond acceptors (Lipinski definition) is 4. The van der Waals surface area contributed by atoms with Crippen LogP contribution in [0.2, 0.25) is 10.0 Å². The number of nitrogens with one attached hydrogen (secondary N) is 2. The third-order valence-electron chi connectivity index (χ3n) is 6.38. The van der Waals surface area contributed by atoms with Crippen LogP contribution < -0.4 is 15.4 Å². The lowest BCUT2D eigenvalue weighted by atomic mass is 9.68. The molecule has 0 saturated heterocycles. The molecule has 4 rings (SSSR count). The Morgan fingerprint density at radius 2 is 1.84 bits per heavy atom. The zero-order chi connectivity index (χ0) is 22.0. The number of hydrogen-bond donors (Lipinski definition) is 2. The number of methoxy groups -OCH3 is 1. The summed E-state index contributed by atoms with van der Waals surface area (Å²) in [5.41, 5.74) is 2.42. The van der Waals surface area contributed by atoms with Gasteiger partial charge in [-0.25, -0.2) is 0 Å². The summed E-state index contributed by atoms with van der Waals surface area (Å²) in [4.78, 5) is 10.9. The van der Waals surface area contributed by atoms with Crippen molar-refractivity contribution in [3.05, 3.63) is 57.6 Å². The first kappa shape index (κ1) is 22.3. The lowest BCUT2D eigenvalue weighted by Gasteiger charge is -2.42. The van der Waals surface area contributed by atoms with Crippen LogP contribution in [0.3, 0.4) is 0 Å². The van der Waals surface area contributed by atoms with Crippen molar-refractivity contribution in [3.8, 4) is 11.5 Å². The average molecular weight is 479 g/mol. The van der Waals surface area contributed by atoms with E-state index >= 15 is 0 Å². The highest BCUT2D eigenvalue weighted by molar-refractivity contribution is 7.80. The number of carbonyl (C=O) groups excluding carboxylic acids is 1. The lowest BCUT2D eigenvalue weighted by Crippen LogP contribution is -2.45. The van der Waals surface area contributed by atoms with Crippen LogP contribution in [0.15, 0.2) is 36.4 Å². The van der Waals surface area contributed by atoms with Gasteiger partial charge in [0.15, 0.2) is 5.11 Å². The molecule has 2 aliphatic rings. The predicted molar refractivity (Wildman–Crippen MR) is 126 cm³/mol. The van der Waals surface area contributed by atoms with Crippen LogP contribution in [0.1, 0.15) is 42.9 Å². The Bertz CT molecular complexity index is 973. The van der Waals surface area contributed by atoms with Crippen LogP contribution in [0, 0.1) is 5.41 Å². The number of thiocarbonyl (C=S) groups is 1. The third kappa shape index (κ3) is 4.82. The van der Waals surface area contributed by atoms with Gasteiger partial charge in [0.25, 0.3) is 0 Å². The fraction of sp³-hybridized carbons (Fsp3) is 0.391. The lowest BCUT2D eigenvalue weighted by molar-refractivity contribution is -0.108. The second-order valence-electron chi connectivity index (χ2n) is 8.21. The fourth-order valence-electron chi connectivity index (χ4n) is 4.93. The van der Waals surface area contributed by atoms with Gasteiger partial charge in [-0.05, 0) is 91.2 Å². The molecule has 0 heterocycles. The Balaban J connectivity index is 1.64. The summed E-state index contributed by atoms with van der Waals surface area (Å²) in [5, 5.41) is 7.32. The van der Waals surface area contributed by atoms with Crippen LogP contribution in [-0.4, -0.2) is 24.7 Å². The van der Waals surface area contributed by atoms with Gasteiger partial charge in [0.1, 0.15) is 11.5 Å². The van der Waals surface area contributed by atoms with Gasteiger partial charge in [-0.2, -0.15) is 0 Å². The summed E-state index contributed by atoms with van der Waals surface area (Å²) in [6.45, 7) is 0. The molecule has 1 spiro atoms. The van der Waals surface area contributed by atoms with Crippen molar-refractivity contribution >= 4 is 46.9 Å². The first-order valence-electron chi connectivity index (χ1n) is 10.2. The molecule has 0 radical (unpaired) electrons. The molecule has 1 atom stereocenters. The second-order valence-corrected chi connectivity index (χ2v) is 9.49. The van der Waals surface area contributed by atoms with Crippen molar-refractivity contribution in [2.75, 3.05) is 7.11 Å². The Morgan fingerprint density at radius 3 is 2.48 bits per heavy atom. The Kier molecular flexibility index (Phi) is 6.72. The maximum absolute atomic E-state index is 10.9. The van der Waals surface area contributed by atoms with E-state index in [0.29, 0.717) is 39.2 Å². The monoisotopic (exact) mass is 478 g/mol. The minimum Gasteiger partial charge on any atom is -0.457 e. The predicted octanol–water partition coefficient (Wildman–Crippen LogP) is 5.58. The Morgan fingerprint density at radius 1 is 1.13 bits per heavy atom. The molecule has 1 amide bonds. The summed E-state index contributed by atoms with van der Waals surface area (Å²) >= 11 is 17.6. The van der Waals surface area contributed by atoms with Gasteiger partial charge < -0.3 is 20.1 Å². The van der Waals surface area contributed by atoms with Crippen molar-refractivity contribution in [2.45, 2.75) is 44.2 Å². The molecule has 1 unspecified atom stereocenters. The molecule has 164 valence electrons. The molecule has 2 aliphatic carbocycles. The van der Waals surface area contributed by atoms with Gasteiger partial charge in [-0.3, -0.25) is 4.79 Å². The molecule has 5 nitrogen and oxygen atoms in total. The molecule has 0 aromatic heterocycles. The minimum atomic E-state index is -0.0215. The van der Waals surface area contributed by atoms with Gasteiger partial charge in [0.2, 0.25) is 6.41 Å². The smallest absolute Gasteiger partial charge is 0.213 e. The summed E-state index contributed by atoms with van der Waals surface area (Å²) in [6.07, 6.45) is 5.87. The summed E-state index contributed by atoms with van der Waals surface area (Å²) in [7, 11) is 1.77. The van der Waals surface area contributed by atoms with E-state index in [2.05, 4.69) is 16.7 Å². The normalized spacial score (nSPS) is 24.5. The standard InChI is InChI=1S/C23H24Cl2N2O3S/c1-29-17-4-6-23(7-5-17)12-14-2-3-18(30-19-9-15(24)8-16(25)10-19)11-20(14)21(23)27-22(31)26-13-28/h2-3,8-11,13,17,21H,4-7,12H2,1H3,(H2,26,27,28,31)/t17-,21?,23-. The maximum atomic E-state index is 10.9. The maximum Gasteiger partial charge on any atom is 0.213 e. The topological polar surface area (TPSA) is 59.6 Å². The van der Waals surface area contributed by atoms with E-state index in [9.17, 15) is 4.79 Å². The zero-order valence-electron chi connectivity index (χ0n) is 17.1. The van der Waals surface area contributed by atoms with E-state index in [-0.39, 0.29) is 11.5 Å². The number of benzene rings is 2. The molecular formula is C23H24Cl2N2O3S. The van der Waals surface area contributed by atoms with E-state index in [1.54, 1.807) is 25.3 Å². The molecule has 2 aromatic carbocycles. The first-order chi connectivity index (χ1) is 14.9. The molecular weight excluding hydrogens is 455 g/mol. The highest BCUT2D eigenvalue weighted by Gasteiger charge is 2.48. The number of halogens is 2. The molecule has 0 aliphatic heterocycles. The van der Waals surface area contributed by atoms with Gasteiger partial charge in [-0.1, -0.05) is 29.3 Å². The van der Waals surface area contributed by atoms with Crippen LogP contribution in [0.4, 0.5) is 0 Å². The van der Waals surface area contributed by atoms with E-state index in [1.807, 2.05) is 12.1 Å². The third-order valence-corrected chi connectivity index (χ3v) is 7.05.